The topological polar surface area (TPSA) is 110 Å². The van der Waals surface area contributed by atoms with Gasteiger partial charge in [-0.3, -0.25) is 9.69 Å². The molecule has 3 aromatic rings. The van der Waals surface area contributed by atoms with Gasteiger partial charge in [-0.15, -0.1) is 11.3 Å². The lowest BCUT2D eigenvalue weighted by atomic mass is 10.1. The van der Waals surface area contributed by atoms with Crippen molar-refractivity contribution < 1.29 is 14.3 Å². The molecule has 0 unspecified atom stereocenters. The molecule has 1 fully saturated rings. The van der Waals surface area contributed by atoms with Gasteiger partial charge in [-0.2, -0.15) is 0 Å². The normalized spacial score (nSPS) is 19.6. The van der Waals surface area contributed by atoms with Crippen molar-refractivity contribution in [1.29, 1.82) is 0 Å². The third-order valence-electron chi connectivity index (χ3n) is 6.33. The minimum absolute atomic E-state index is 0.0380. The minimum Gasteiger partial charge on any atom is -0.493 e. The van der Waals surface area contributed by atoms with Crippen LogP contribution in [0.25, 0.3) is 10.2 Å². The number of carbonyl (C=O) groups is 2. The predicted molar refractivity (Wildman–Crippen MR) is 135 cm³/mol. The number of hydrogen-bond acceptors (Lipinski definition) is 6. The molecule has 3 heterocycles. The van der Waals surface area contributed by atoms with Gasteiger partial charge in [0.15, 0.2) is 0 Å². The molecule has 9 heteroatoms. The number of amides is 3. The van der Waals surface area contributed by atoms with Crippen LogP contribution in [0.5, 0.6) is 5.75 Å². The van der Waals surface area contributed by atoms with Crippen LogP contribution >= 0.6 is 11.3 Å². The summed E-state index contributed by atoms with van der Waals surface area (Å²) < 4.78 is 5.84. The lowest BCUT2D eigenvalue weighted by Crippen LogP contribution is -2.44. The van der Waals surface area contributed by atoms with Crippen LogP contribution in [0.3, 0.4) is 0 Å². The van der Waals surface area contributed by atoms with Crippen molar-refractivity contribution in [1.82, 2.24) is 10.3 Å². The molecule has 0 radical (unpaired) electrons. The molecule has 8 nitrogen and oxygen atoms in total. The molecule has 4 N–H and O–H groups in total. The first-order valence-electron chi connectivity index (χ1n) is 11.7. The van der Waals surface area contributed by atoms with Crippen LogP contribution in [-0.4, -0.2) is 35.6 Å². The molecule has 1 aliphatic heterocycles. The molecule has 178 valence electrons. The summed E-state index contributed by atoms with van der Waals surface area (Å²) in [5.74, 6) is 0.973. The van der Waals surface area contributed by atoms with Gasteiger partial charge in [-0.1, -0.05) is 13.8 Å². The summed E-state index contributed by atoms with van der Waals surface area (Å²) >= 11 is 1.29. The second-order valence-corrected chi connectivity index (χ2v) is 10.4. The minimum atomic E-state index is -0.316. The van der Waals surface area contributed by atoms with Crippen molar-refractivity contribution in [3.8, 4) is 5.75 Å². The van der Waals surface area contributed by atoms with Crippen LogP contribution in [-0.2, 0) is 0 Å². The van der Waals surface area contributed by atoms with Crippen molar-refractivity contribution in [2.75, 3.05) is 16.8 Å². The summed E-state index contributed by atoms with van der Waals surface area (Å²) in [7, 11) is 0. The van der Waals surface area contributed by atoms with Crippen molar-refractivity contribution in [2.45, 2.75) is 52.1 Å². The molecule has 1 saturated carbocycles. The van der Waals surface area contributed by atoms with Crippen LogP contribution in [0.2, 0.25) is 0 Å². The van der Waals surface area contributed by atoms with E-state index < -0.39 is 0 Å². The Morgan fingerprint density at radius 3 is 2.85 bits per heavy atom. The zero-order valence-corrected chi connectivity index (χ0v) is 20.4. The highest BCUT2D eigenvalue weighted by molar-refractivity contribution is 7.21. The Morgan fingerprint density at radius 1 is 1.32 bits per heavy atom. The molecular formula is C25H29N5O3S. The molecule has 0 spiro atoms. The maximum absolute atomic E-state index is 13.3. The first kappa shape index (κ1) is 22.6. The highest BCUT2D eigenvalue weighted by Gasteiger charge is 2.34. The Kier molecular flexibility index (Phi) is 5.91. The number of thiophene rings is 1. The van der Waals surface area contributed by atoms with E-state index in [1.807, 2.05) is 31.2 Å². The van der Waals surface area contributed by atoms with Gasteiger partial charge >= 0.3 is 6.03 Å². The van der Waals surface area contributed by atoms with E-state index in [9.17, 15) is 9.59 Å². The van der Waals surface area contributed by atoms with E-state index in [1.54, 1.807) is 11.1 Å². The highest BCUT2D eigenvalue weighted by Crippen LogP contribution is 2.46. The van der Waals surface area contributed by atoms with E-state index in [1.165, 1.54) is 11.3 Å². The Balaban J connectivity index is 1.51. The first-order chi connectivity index (χ1) is 16.3. The number of carbonyl (C=O) groups excluding carboxylic acids is 2. The molecule has 1 aromatic carbocycles. The van der Waals surface area contributed by atoms with Gasteiger partial charge in [0.25, 0.3) is 5.91 Å². The Hall–Kier alpha value is -3.17. The fourth-order valence-corrected chi connectivity index (χ4v) is 5.64. The Labute approximate surface area is 202 Å². The number of hydrogen-bond donors (Lipinski definition) is 3. The molecule has 3 amide bonds. The van der Waals surface area contributed by atoms with Crippen molar-refractivity contribution in [2.24, 2.45) is 11.7 Å². The molecular weight excluding hydrogens is 450 g/mol. The fourth-order valence-electron chi connectivity index (χ4n) is 4.62. The lowest BCUT2D eigenvalue weighted by molar-refractivity contribution is 0.0939. The van der Waals surface area contributed by atoms with Gasteiger partial charge in [-0.05, 0) is 61.9 Å². The Bertz CT molecular complexity index is 1270. The van der Waals surface area contributed by atoms with Gasteiger partial charge < -0.3 is 21.1 Å². The molecule has 0 saturated heterocycles. The molecule has 1 aliphatic carbocycles. The van der Waals surface area contributed by atoms with Crippen molar-refractivity contribution >= 4 is 50.6 Å². The third kappa shape index (κ3) is 3.99. The number of benzene rings is 1. The van der Waals surface area contributed by atoms with E-state index in [2.05, 4.69) is 29.5 Å². The first-order valence-corrected chi connectivity index (χ1v) is 12.5. The highest BCUT2D eigenvalue weighted by atomic mass is 32.1. The predicted octanol–water partition coefficient (Wildman–Crippen LogP) is 4.93. The number of aromatic nitrogens is 1. The molecule has 0 bridgehead atoms. The van der Waals surface area contributed by atoms with Gasteiger partial charge in [0.1, 0.15) is 15.5 Å². The molecule has 2 aromatic heterocycles. The molecule has 2 atom stereocenters. The zero-order valence-electron chi connectivity index (χ0n) is 19.6. The van der Waals surface area contributed by atoms with Crippen molar-refractivity contribution in [3.63, 3.8) is 0 Å². The van der Waals surface area contributed by atoms with E-state index in [0.29, 0.717) is 33.6 Å². The van der Waals surface area contributed by atoms with Crippen LogP contribution in [0.4, 0.5) is 21.9 Å². The van der Waals surface area contributed by atoms with E-state index >= 15 is 0 Å². The number of nitrogens with one attached hydrogen (secondary N) is 2. The average molecular weight is 480 g/mol. The van der Waals surface area contributed by atoms with Gasteiger partial charge in [0.2, 0.25) is 0 Å². The standard InChI is InChI=1S/C25H29N5O3S/c1-13(2)12-33-15-7-8-18(14(3)11-15)30-19-9-10-27-24-20(19)21(29-25(30)32)22(34-24)23(31)28-17-6-4-5-16(17)26/h7-11,13,16-17H,4-6,12,26H2,1-3H3,(H,28,31)(H,29,32)/t16-,17+/m0/s1. The van der Waals surface area contributed by atoms with Gasteiger partial charge in [0, 0.05) is 18.3 Å². The number of aryl methyl sites for hydroxylation is 1. The monoisotopic (exact) mass is 479 g/mol. The van der Waals surface area contributed by atoms with Crippen LogP contribution in [0, 0.1) is 12.8 Å². The van der Waals surface area contributed by atoms with Gasteiger partial charge in [0.05, 0.1) is 29.1 Å². The number of nitrogens with zero attached hydrogens (tertiary/aromatic N) is 2. The molecule has 34 heavy (non-hydrogen) atoms. The number of ether oxygens (including phenoxy) is 1. The largest absolute Gasteiger partial charge is 0.493 e. The quantitative estimate of drug-likeness (QED) is 0.464. The summed E-state index contributed by atoms with van der Waals surface area (Å²) in [5.41, 5.74) is 9.02. The summed E-state index contributed by atoms with van der Waals surface area (Å²) in [6.07, 6.45) is 4.45. The Morgan fingerprint density at radius 2 is 2.15 bits per heavy atom. The summed E-state index contributed by atoms with van der Waals surface area (Å²) in [6, 6.07) is 7.12. The second kappa shape index (κ2) is 8.88. The summed E-state index contributed by atoms with van der Waals surface area (Å²) in [6.45, 7) is 6.78. The molecule has 5 rings (SSSR count). The SMILES string of the molecule is Cc1cc(OCC(C)C)ccc1N1C(=O)Nc2c(C(=O)N[C@@H]3CCC[C@@H]3N)sc3nccc1c23. The molecule has 2 aliphatic rings. The third-order valence-corrected chi connectivity index (χ3v) is 7.43. The number of pyridine rings is 1. The second-order valence-electron chi connectivity index (χ2n) is 9.41. The summed E-state index contributed by atoms with van der Waals surface area (Å²) in [4.78, 5) is 33.7. The zero-order chi connectivity index (χ0) is 24.0. The van der Waals surface area contributed by atoms with E-state index in [-0.39, 0.29) is 24.0 Å². The fraction of sp³-hybridized carbons (Fsp3) is 0.400. The van der Waals surface area contributed by atoms with E-state index in [4.69, 9.17) is 10.5 Å². The van der Waals surface area contributed by atoms with Crippen LogP contribution in [0.15, 0.2) is 30.5 Å². The van der Waals surface area contributed by atoms with Gasteiger partial charge in [-0.25, -0.2) is 9.78 Å². The number of anilines is 3. The van der Waals surface area contributed by atoms with Crippen LogP contribution < -0.4 is 26.0 Å². The summed E-state index contributed by atoms with van der Waals surface area (Å²) in [5, 5.41) is 6.78. The van der Waals surface area contributed by atoms with Crippen LogP contribution in [0.1, 0.15) is 48.3 Å². The maximum atomic E-state index is 13.3. The lowest BCUT2D eigenvalue weighted by Gasteiger charge is -2.29. The maximum Gasteiger partial charge on any atom is 0.331 e. The number of rotatable bonds is 6. The number of urea groups is 1. The average Bonchev–Trinajstić information content (AvgIpc) is 3.37. The smallest absolute Gasteiger partial charge is 0.331 e. The van der Waals surface area contributed by atoms with E-state index in [0.717, 1.165) is 41.6 Å². The number of nitrogens with two attached hydrogens (primary N) is 1. The van der Waals surface area contributed by atoms with Crippen molar-refractivity contribution in [3.05, 3.63) is 40.9 Å².